The molecule has 3 rings (SSSR count). The van der Waals surface area contributed by atoms with Gasteiger partial charge in [-0.2, -0.15) is 0 Å². The summed E-state index contributed by atoms with van der Waals surface area (Å²) in [6, 6.07) is 0.377. The number of likely N-dealkylation sites (N-methyl/N-ethyl adjacent to an activating group) is 1. The zero-order chi connectivity index (χ0) is 18.8. The molecular weight excluding hydrogens is 324 g/mol. The molecule has 1 saturated heterocycles. The molecule has 0 aromatic rings. The third-order valence-corrected chi connectivity index (χ3v) is 8.20. The van der Waals surface area contributed by atoms with Crippen molar-refractivity contribution in [2.75, 3.05) is 45.8 Å². The molecular formula is C21H40N4O. The highest BCUT2D eigenvalue weighted by molar-refractivity contribution is 5.74. The Kier molecular flexibility index (Phi) is 6.18. The van der Waals surface area contributed by atoms with E-state index in [1.807, 2.05) is 0 Å². The summed E-state index contributed by atoms with van der Waals surface area (Å²) in [7, 11) is 0. The van der Waals surface area contributed by atoms with Gasteiger partial charge in [-0.25, -0.2) is 4.79 Å². The van der Waals surface area contributed by atoms with Crippen molar-refractivity contribution in [2.45, 2.75) is 65.8 Å². The van der Waals surface area contributed by atoms with Gasteiger partial charge < -0.3 is 20.4 Å². The lowest BCUT2D eigenvalue weighted by Gasteiger charge is -2.39. The smallest absolute Gasteiger partial charge is 0.315 e. The first kappa shape index (κ1) is 19.9. The van der Waals surface area contributed by atoms with Crippen LogP contribution in [-0.2, 0) is 0 Å². The van der Waals surface area contributed by atoms with Gasteiger partial charge in [-0.1, -0.05) is 27.7 Å². The quantitative estimate of drug-likeness (QED) is 0.683. The highest BCUT2D eigenvalue weighted by Crippen LogP contribution is 2.65. The van der Waals surface area contributed by atoms with Gasteiger partial charge in [-0.15, -0.1) is 0 Å². The third kappa shape index (κ3) is 3.89. The molecule has 2 N–H and O–H groups in total. The van der Waals surface area contributed by atoms with E-state index in [2.05, 4.69) is 48.1 Å². The predicted octanol–water partition coefficient (Wildman–Crippen LogP) is 2.92. The van der Waals surface area contributed by atoms with Crippen LogP contribution in [0.3, 0.4) is 0 Å². The van der Waals surface area contributed by atoms with E-state index < -0.39 is 0 Å². The fourth-order valence-electron chi connectivity index (χ4n) is 5.62. The Bertz CT molecular complexity index is 486. The molecule has 3 fully saturated rings. The maximum absolute atomic E-state index is 12.3. The van der Waals surface area contributed by atoms with Gasteiger partial charge in [0.05, 0.1) is 0 Å². The zero-order valence-corrected chi connectivity index (χ0v) is 17.4. The van der Waals surface area contributed by atoms with E-state index in [9.17, 15) is 4.79 Å². The van der Waals surface area contributed by atoms with Crippen LogP contribution in [0.4, 0.5) is 4.79 Å². The number of rotatable bonds is 7. The maximum Gasteiger partial charge on any atom is 0.315 e. The standard InChI is InChI=1S/C21H40N4O/c1-5-24-12-14-25(15-13-24)11-7-6-10-22-19(26)23-18-16-17-8-9-21(18,4)20(17,2)3/h17-18H,5-16H2,1-4H3,(H2,22,23,26). The van der Waals surface area contributed by atoms with Crippen molar-refractivity contribution in [3.05, 3.63) is 0 Å². The number of nitrogens with zero attached hydrogens (tertiary/aromatic N) is 2. The fraction of sp³-hybridized carbons (Fsp3) is 0.952. The Labute approximate surface area is 160 Å². The van der Waals surface area contributed by atoms with Crippen molar-refractivity contribution in [3.8, 4) is 0 Å². The lowest BCUT2D eigenvalue weighted by Crippen LogP contribution is -2.50. The minimum atomic E-state index is 0.0381. The lowest BCUT2D eigenvalue weighted by molar-refractivity contribution is 0.123. The monoisotopic (exact) mass is 364 g/mol. The molecule has 5 nitrogen and oxygen atoms in total. The van der Waals surface area contributed by atoms with E-state index >= 15 is 0 Å². The summed E-state index contributed by atoms with van der Waals surface area (Å²) in [6.45, 7) is 17.3. The maximum atomic E-state index is 12.3. The van der Waals surface area contributed by atoms with Crippen LogP contribution in [-0.4, -0.2) is 67.7 Å². The van der Waals surface area contributed by atoms with Crippen LogP contribution < -0.4 is 10.6 Å². The van der Waals surface area contributed by atoms with Gasteiger partial charge in [0, 0.05) is 38.8 Å². The number of carbonyl (C=O) groups is 1. The van der Waals surface area contributed by atoms with Crippen molar-refractivity contribution in [1.29, 1.82) is 0 Å². The largest absolute Gasteiger partial charge is 0.338 e. The molecule has 1 aliphatic heterocycles. The first-order valence-corrected chi connectivity index (χ1v) is 10.9. The molecule has 2 aliphatic carbocycles. The highest BCUT2D eigenvalue weighted by atomic mass is 16.2. The molecule has 26 heavy (non-hydrogen) atoms. The van der Waals surface area contributed by atoms with E-state index in [0.717, 1.165) is 31.8 Å². The molecule has 3 aliphatic rings. The van der Waals surface area contributed by atoms with Crippen molar-refractivity contribution < 1.29 is 4.79 Å². The van der Waals surface area contributed by atoms with Crippen LogP contribution in [0.5, 0.6) is 0 Å². The summed E-state index contributed by atoms with van der Waals surface area (Å²) in [5, 5.41) is 6.38. The molecule has 0 radical (unpaired) electrons. The van der Waals surface area contributed by atoms with Gasteiger partial charge in [-0.3, -0.25) is 0 Å². The lowest BCUT2D eigenvalue weighted by atomic mass is 9.69. The molecule has 3 atom stereocenters. The second-order valence-corrected chi connectivity index (χ2v) is 9.55. The molecule has 5 heteroatoms. The normalized spacial score (nSPS) is 34.2. The fourth-order valence-corrected chi connectivity index (χ4v) is 5.62. The predicted molar refractivity (Wildman–Crippen MR) is 107 cm³/mol. The summed E-state index contributed by atoms with van der Waals surface area (Å²) in [5.41, 5.74) is 0.613. The van der Waals surface area contributed by atoms with Gasteiger partial charge in [0.2, 0.25) is 0 Å². The van der Waals surface area contributed by atoms with Crippen LogP contribution in [0.1, 0.15) is 59.8 Å². The van der Waals surface area contributed by atoms with Crippen LogP contribution in [0.15, 0.2) is 0 Å². The molecule has 2 saturated carbocycles. The van der Waals surface area contributed by atoms with Gasteiger partial charge in [0.15, 0.2) is 0 Å². The highest BCUT2D eigenvalue weighted by Gasteiger charge is 2.61. The number of unbranched alkanes of at least 4 members (excludes halogenated alkanes) is 1. The van der Waals surface area contributed by atoms with Gasteiger partial charge >= 0.3 is 6.03 Å². The average molecular weight is 365 g/mol. The summed E-state index contributed by atoms with van der Waals surface area (Å²) in [6.07, 6.45) is 5.97. The van der Waals surface area contributed by atoms with E-state index in [0.29, 0.717) is 11.5 Å². The van der Waals surface area contributed by atoms with E-state index in [1.165, 1.54) is 52.0 Å². The van der Waals surface area contributed by atoms with Crippen molar-refractivity contribution >= 4 is 6.03 Å². The Morgan fingerprint density at radius 1 is 1.08 bits per heavy atom. The Morgan fingerprint density at radius 2 is 1.77 bits per heavy atom. The molecule has 2 amide bonds. The molecule has 0 aromatic heterocycles. The number of hydrogen-bond acceptors (Lipinski definition) is 3. The topological polar surface area (TPSA) is 47.6 Å². The Balaban J connectivity index is 1.29. The molecule has 150 valence electrons. The average Bonchev–Trinajstić information content (AvgIpc) is 2.95. The molecule has 2 bridgehead atoms. The first-order valence-electron chi connectivity index (χ1n) is 10.9. The van der Waals surface area contributed by atoms with Crippen molar-refractivity contribution in [1.82, 2.24) is 20.4 Å². The number of carbonyl (C=O) groups excluding carboxylic acids is 1. The van der Waals surface area contributed by atoms with E-state index in [4.69, 9.17) is 0 Å². The molecule has 0 spiro atoms. The Morgan fingerprint density at radius 3 is 2.35 bits per heavy atom. The second kappa shape index (κ2) is 8.05. The van der Waals surface area contributed by atoms with Crippen LogP contribution >= 0.6 is 0 Å². The molecule has 3 unspecified atom stereocenters. The number of nitrogens with one attached hydrogen (secondary N) is 2. The SMILES string of the molecule is CCN1CCN(CCCCNC(=O)NC2CC3CCC2(C)C3(C)C)CC1. The minimum Gasteiger partial charge on any atom is -0.338 e. The van der Waals surface area contributed by atoms with Crippen LogP contribution in [0.25, 0.3) is 0 Å². The van der Waals surface area contributed by atoms with Crippen molar-refractivity contribution in [3.63, 3.8) is 0 Å². The van der Waals surface area contributed by atoms with E-state index in [1.54, 1.807) is 0 Å². The van der Waals surface area contributed by atoms with Gasteiger partial charge in [-0.05, 0) is 61.9 Å². The van der Waals surface area contributed by atoms with Crippen LogP contribution in [0.2, 0.25) is 0 Å². The van der Waals surface area contributed by atoms with E-state index in [-0.39, 0.29) is 11.4 Å². The number of piperazine rings is 1. The zero-order valence-electron chi connectivity index (χ0n) is 17.4. The minimum absolute atomic E-state index is 0.0381. The third-order valence-electron chi connectivity index (χ3n) is 8.20. The number of urea groups is 1. The number of fused-ring (bicyclic) bond motifs is 2. The summed E-state index contributed by atoms with van der Waals surface area (Å²) < 4.78 is 0. The van der Waals surface area contributed by atoms with Crippen molar-refractivity contribution in [2.24, 2.45) is 16.7 Å². The first-order chi connectivity index (χ1) is 12.4. The van der Waals surface area contributed by atoms with Gasteiger partial charge in [0.25, 0.3) is 0 Å². The summed E-state index contributed by atoms with van der Waals surface area (Å²) in [4.78, 5) is 17.4. The molecule has 1 heterocycles. The number of amides is 2. The summed E-state index contributed by atoms with van der Waals surface area (Å²) in [5.74, 6) is 0.769. The van der Waals surface area contributed by atoms with Crippen LogP contribution in [0, 0.1) is 16.7 Å². The van der Waals surface area contributed by atoms with Gasteiger partial charge in [0.1, 0.15) is 0 Å². The molecule has 0 aromatic carbocycles. The second-order valence-electron chi connectivity index (χ2n) is 9.55. The summed E-state index contributed by atoms with van der Waals surface area (Å²) >= 11 is 0. The number of hydrogen-bond donors (Lipinski definition) is 2. The Hall–Kier alpha value is -0.810.